The Balaban J connectivity index is 0.00000370. The average Bonchev–Trinajstić information content (AvgIpc) is 3.48. The van der Waals surface area contributed by atoms with Gasteiger partial charge in [0.15, 0.2) is 5.13 Å². The lowest BCUT2D eigenvalue weighted by molar-refractivity contribution is 0.103. The summed E-state index contributed by atoms with van der Waals surface area (Å²) in [4.78, 5) is 23.3. The smallest absolute Gasteiger partial charge is 0.244 e. The van der Waals surface area contributed by atoms with Crippen molar-refractivity contribution in [1.82, 2.24) is 19.2 Å². The van der Waals surface area contributed by atoms with E-state index in [1.807, 2.05) is 7.05 Å². The van der Waals surface area contributed by atoms with Crippen LogP contribution in [0, 0.1) is 11.6 Å². The second-order valence-corrected chi connectivity index (χ2v) is 12.5. The fraction of sp³-hybridized carbons (Fsp3) is 0.400. The van der Waals surface area contributed by atoms with Crippen molar-refractivity contribution >= 4 is 50.5 Å². The van der Waals surface area contributed by atoms with Gasteiger partial charge in [0.25, 0.3) is 0 Å². The number of pyridine rings is 1. The number of carbonyl (C=O) groups is 1. The molecule has 216 valence electrons. The lowest BCUT2D eigenvalue weighted by Gasteiger charge is -2.31. The first-order chi connectivity index (χ1) is 18.6. The van der Waals surface area contributed by atoms with Crippen LogP contribution >= 0.6 is 23.7 Å². The number of sulfonamides is 1. The van der Waals surface area contributed by atoms with Gasteiger partial charge in [0.2, 0.25) is 21.7 Å². The monoisotopic (exact) mass is 614 g/mol. The van der Waals surface area contributed by atoms with E-state index < -0.39 is 33.0 Å². The molecule has 4 heterocycles. The average molecular weight is 615 g/mol. The molecule has 5 rings (SSSR count). The van der Waals surface area contributed by atoms with Crippen LogP contribution in [0.15, 0.2) is 41.4 Å². The largest absolute Gasteiger partial charge is 0.473 e. The lowest BCUT2D eigenvalue weighted by Crippen LogP contribution is -2.42. The number of nitrogens with one attached hydrogen (secondary N) is 1. The van der Waals surface area contributed by atoms with Crippen LogP contribution < -0.4 is 15.8 Å². The summed E-state index contributed by atoms with van der Waals surface area (Å²) in [6, 6.07) is 6.14. The summed E-state index contributed by atoms with van der Waals surface area (Å²) in [6.45, 7) is 2.28. The molecular weight excluding hydrogens is 586 g/mol. The van der Waals surface area contributed by atoms with Crippen LogP contribution in [0.5, 0.6) is 5.88 Å². The quantitative estimate of drug-likeness (QED) is 0.367. The van der Waals surface area contributed by atoms with Crippen LogP contribution in [-0.2, 0) is 10.0 Å². The predicted molar refractivity (Wildman–Crippen MR) is 150 cm³/mol. The number of nitrogens with two attached hydrogens (primary N) is 1. The van der Waals surface area contributed by atoms with Crippen molar-refractivity contribution in [3.63, 3.8) is 0 Å². The molecule has 2 fully saturated rings. The maximum absolute atomic E-state index is 14.1. The highest BCUT2D eigenvalue weighted by atomic mass is 35.5. The van der Waals surface area contributed by atoms with Crippen LogP contribution in [0.4, 0.5) is 19.7 Å². The number of carbonyl (C=O) groups excluding carboxylic acids is 1. The zero-order valence-electron chi connectivity index (χ0n) is 21.5. The van der Waals surface area contributed by atoms with Crippen molar-refractivity contribution in [3.8, 4) is 5.88 Å². The molecule has 2 aliphatic rings. The predicted octanol–water partition coefficient (Wildman–Crippen LogP) is 3.40. The van der Waals surface area contributed by atoms with Crippen molar-refractivity contribution in [2.75, 3.05) is 44.3 Å². The number of anilines is 2. The molecule has 0 spiro atoms. The standard InChI is InChI=1S/C25H28F2N6O4S2.ClH/c1-32-10-9-16(14-32)37-20-6-5-17(13-29-20)39(35,36)33-11-7-15(8-12-33)30-25-31-24(28)23(38-25)22(34)21-18(26)3-2-4-19(21)27;/h2-6,13,15-16H,7-12,14,28H2,1H3,(H,30,31);1H/t16-;/m0./s1. The second kappa shape index (κ2) is 12.3. The van der Waals surface area contributed by atoms with Gasteiger partial charge in [0.1, 0.15) is 33.3 Å². The van der Waals surface area contributed by atoms with Gasteiger partial charge in [-0.3, -0.25) is 4.79 Å². The van der Waals surface area contributed by atoms with E-state index in [-0.39, 0.29) is 53.2 Å². The number of aromatic nitrogens is 2. The fourth-order valence-corrected chi connectivity index (χ4v) is 7.02. The highest BCUT2D eigenvalue weighted by molar-refractivity contribution is 7.89. The minimum Gasteiger partial charge on any atom is -0.473 e. The Hall–Kier alpha value is -2.91. The van der Waals surface area contributed by atoms with Crippen LogP contribution in [-0.4, -0.2) is 78.7 Å². The first-order valence-electron chi connectivity index (χ1n) is 12.4. The number of likely N-dealkylation sites (N-methyl/N-ethyl adjacent to an activating group) is 1. The molecule has 0 unspecified atom stereocenters. The van der Waals surface area contributed by atoms with Crippen LogP contribution in [0.2, 0.25) is 0 Å². The first kappa shape index (κ1) is 30.1. The zero-order chi connectivity index (χ0) is 27.7. The number of ketones is 1. The van der Waals surface area contributed by atoms with E-state index in [1.54, 1.807) is 6.07 Å². The normalized spacial score (nSPS) is 18.8. The Morgan fingerprint density at radius 2 is 1.82 bits per heavy atom. The Labute approximate surface area is 241 Å². The molecule has 3 N–H and O–H groups in total. The number of nitrogen functional groups attached to an aromatic ring is 1. The summed E-state index contributed by atoms with van der Waals surface area (Å²) in [5, 5.41) is 3.49. The molecule has 0 bridgehead atoms. The maximum atomic E-state index is 14.1. The van der Waals surface area contributed by atoms with E-state index >= 15 is 0 Å². The van der Waals surface area contributed by atoms with Gasteiger partial charge in [-0.15, -0.1) is 12.4 Å². The molecule has 2 aliphatic heterocycles. The third-order valence-electron chi connectivity index (χ3n) is 6.81. The summed E-state index contributed by atoms with van der Waals surface area (Å²) >= 11 is 0.905. The summed E-state index contributed by atoms with van der Waals surface area (Å²) in [5.41, 5.74) is 5.20. The van der Waals surface area contributed by atoms with Crippen molar-refractivity contribution in [3.05, 3.63) is 58.6 Å². The van der Waals surface area contributed by atoms with Gasteiger partial charge >= 0.3 is 0 Å². The third-order valence-corrected chi connectivity index (χ3v) is 9.70. The van der Waals surface area contributed by atoms with Gasteiger partial charge < -0.3 is 20.7 Å². The van der Waals surface area contributed by atoms with Crippen LogP contribution in [0.3, 0.4) is 0 Å². The summed E-state index contributed by atoms with van der Waals surface area (Å²) in [5.74, 6) is -2.56. The molecule has 2 aromatic heterocycles. The highest BCUT2D eigenvalue weighted by Gasteiger charge is 2.31. The molecule has 3 aromatic rings. The van der Waals surface area contributed by atoms with Gasteiger partial charge in [-0.25, -0.2) is 27.2 Å². The minimum absolute atomic E-state index is 0. The van der Waals surface area contributed by atoms with Gasteiger partial charge in [0, 0.05) is 38.3 Å². The number of piperidine rings is 1. The number of rotatable bonds is 8. The number of hydrogen-bond acceptors (Lipinski definition) is 10. The summed E-state index contributed by atoms with van der Waals surface area (Å²) < 4.78 is 61.7. The van der Waals surface area contributed by atoms with E-state index in [9.17, 15) is 22.0 Å². The lowest BCUT2D eigenvalue weighted by atomic mass is 10.1. The third kappa shape index (κ3) is 6.36. The first-order valence-corrected chi connectivity index (χ1v) is 14.7. The summed E-state index contributed by atoms with van der Waals surface area (Å²) in [7, 11) is -1.71. The molecule has 10 nitrogen and oxygen atoms in total. The number of hydrogen-bond donors (Lipinski definition) is 2. The molecule has 2 saturated heterocycles. The van der Waals surface area contributed by atoms with E-state index in [1.165, 1.54) is 22.6 Å². The van der Waals surface area contributed by atoms with E-state index in [0.29, 0.717) is 23.9 Å². The van der Waals surface area contributed by atoms with E-state index in [2.05, 4.69) is 20.2 Å². The molecule has 15 heteroatoms. The number of benzene rings is 1. The van der Waals surface area contributed by atoms with Gasteiger partial charge in [-0.2, -0.15) is 4.31 Å². The van der Waals surface area contributed by atoms with Gasteiger partial charge in [-0.05, 0) is 44.5 Å². The Kier molecular flexibility index (Phi) is 9.25. The van der Waals surface area contributed by atoms with E-state index in [0.717, 1.165) is 43.0 Å². The molecule has 0 saturated carbocycles. The Morgan fingerprint density at radius 3 is 2.42 bits per heavy atom. The van der Waals surface area contributed by atoms with E-state index in [4.69, 9.17) is 10.5 Å². The molecular formula is C25H29ClF2N6O4S2. The Bertz CT molecular complexity index is 1450. The molecule has 0 amide bonds. The zero-order valence-corrected chi connectivity index (χ0v) is 24.0. The fourth-order valence-electron chi connectivity index (χ4n) is 4.70. The second-order valence-electron chi connectivity index (χ2n) is 9.60. The number of nitrogens with zero attached hydrogens (tertiary/aromatic N) is 4. The van der Waals surface area contributed by atoms with Crippen molar-refractivity contribution in [2.24, 2.45) is 0 Å². The van der Waals surface area contributed by atoms with Crippen LogP contribution in [0.25, 0.3) is 0 Å². The Morgan fingerprint density at radius 1 is 1.12 bits per heavy atom. The van der Waals surface area contributed by atoms with Gasteiger partial charge in [-0.1, -0.05) is 17.4 Å². The number of halogens is 3. The number of thiazole rings is 1. The van der Waals surface area contributed by atoms with Crippen LogP contribution in [0.1, 0.15) is 34.5 Å². The van der Waals surface area contributed by atoms with Gasteiger partial charge in [0.05, 0.1) is 11.8 Å². The summed E-state index contributed by atoms with van der Waals surface area (Å²) in [6.07, 6.45) is 3.22. The SMILES string of the molecule is CN1CC[C@H](Oc2ccc(S(=O)(=O)N3CCC(Nc4nc(N)c(C(=O)c5c(F)cccc5F)s4)CC3)cn2)C1.Cl. The molecule has 1 atom stereocenters. The molecule has 0 radical (unpaired) electrons. The molecule has 40 heavy (non-hydrogen) atoms. The topological polar surface area (TPSA) is 131 Å². The van der Waals surface area contributed by atoms with Crippen molar-refractivity contribution in [2.45, 2.75) is 36.3 Å². The maximum Gasteiger partial charge on any atom is 0.244 e. The number of likely N-dealkylation sites (tertiary alicyclic amines) is 1. The van der Waals surface area contributed by atoms with Crippen molar-refractivity contribution in [1.29, 1.82) is 0 Å². The highest BCUT2D eigenvalue weighted by Crippen LogP contribution is 2.31. The minimum atomic E-state index is -3.73. The van der Waals surface area contributed by atoms with Crippen molar-refractivity contribution < 1.29 is 26.7 Å². The molecule has 1 aromatic carbocycles. The number of ether oxygens (including phenoxy) is 1. The molecule has 0 aliphatic carbocycles.